The molecule has 0 radical (unpaired) electrons. The van der Waals surface area contributed by atoms with Gasteiger partial charge in [-0.15, -0.1) is 0 Å². The minimum absolute atomic E-state index is 0.0371. The number of nitrogens with one attached hydrogen (secondary N) is 2. The number of hydrogen-bond acceptors (Lipinski definition) is 3. The zero-order valence-corrected chi connectivity index (χ0v) is 15.2. The molecule has 134 valence electrons. The van der Waals surface area contributed by atoms with Gasteiger partial charge < -0.3 is 20.3 Å². The average molecular weight is 341 g/mol. The number of urea groups is 1. The van der Waals surface area contributed by atoms with E-state index in [-0.39, 0.29) is 12.1 Å². The molecule has 1 atom stereocenters. The van der Waals surface area contributed by atoms with Crippen molar-refractivity contribution < 1.29 is 9.53 Å². The van der Waals surface area contributed by atoms with Crippen molar-refractivity contribution in [2.45, 2.75) is 19.0 Å². The number of nitrogens with zero attached hydrogens (tertiary/aromatic N) is 1. The molecule has 0 aliphatic carbocycles. The molecule has 2 rings (SSSR count). The number of rotatable bonds is 8. The Balaban J connectivity index is 1.92. The van der Waals surface area contributed by atoms with E-state index in [1.165, 1.54) is 5.56 Å². The minimum Gasteiger partial charge on any atom is -0.496 e. The second-order valence-corrected chi connectivity index (χ2v) is 6.29. The molecule has 0 saturated carbocycles. The smallest absolute Gasteiger partial charge is 0.315 e. The Labute approximate surface area is 150 Å². The van der Waals surface area contributed by atoms with Gasteiger partial charge in [-0.05, 0) is 32.1 Å². The van der Waals surface area contributed by atoms with Crippen LogP contribution in [0, 0.1) is 0 Å². The summed E-state index contributed by atoms with van der Waals surface area (Å²) >= 11 is 0. The fourth-order valence-electron chi connectivity index (χ4n) is 2.76. The highest BCUT2D eigenvalue weighted by Crippen LogP contribution is 2.16. The molecule has 2 amide bonds. The summed E-state index contributed by atoms with van der Waals surface area (Å²) in [6.07, 6.45) is 0.793. The zero-order chi connectivity index (χ0) is 18.1. The summed E-state index contributed by atoms with van der Waals surface area (Å²) in [4.78, 5) is 14.4. The van der Waals surface area contributed by atoms with Crippen molar-refractivity contribution in [3.05, 3.63) is 65.7 Å². The Bertz CT molecular complexity index is 659. The van der Waals surface area contributed by atoms with Crippen LogP contribution in [0.4, 0.5) is 4.79 Å². The SMILES string of the molecule is COc1ccccc1CNC(=O)NC(Cc1ccccc1)CN(C)C. The average Bonchev–Trinajstić information content (AvgIpc) is 2.60. The number of amides is 2. The summed E-state index contributed by atoms with van der Waals surface area (Å²) in [6, 6.07) is 17.7. The maximum Gasteiger partial charge on any atom is 0.315 e. The molecule has 5 heteroatoms. The topological polar surface area (TPSA) is 53.6 Å². The highest BCUT2D eigenvalue weighted by Gasteiger charge is 2.14. The quantitative estimate of drug-likeness (QED) is 0.776. The van der Waals surface area contributed by atoms with Crippen molar-refractivity contribution in [3.63, 3.8) is 0 Å². The molecule has 1 unspecified atom stereocenters. The number of carbonyl (C=O) groups is 1. The number of ether oxygens (including phenoxy) is 1. The Morgan fingerprint density at radius 1 is 1.08 bits per heavy atom. The van der Waals surface area contributed by atoms with Crippen LogP contribution < -0.4 is 15.4 Å². The summed E-state index contributed by atoms with van der Waals surface area (Å²) in [7, 11) is 5.64. The number of carbonyl (C=O) groups excluding carboxylic acids is 1. The van der Waals surface area contributed by atoms with E-state index in [0.29, 0.717) is 6.54 Å². The Hall–Kier alpha value is -2.53. The normalized spacial score (nSPS) is 11.8. The number of hydrogen-bond donors (Lipinski definition) is 2. The molecular formula is C20H27N3O2. The van der Waals surface area contributed by atoms with Gasteiger partial charge in [0.15, 0.2) is 0 Å². The zero-order valence-electron chi connectivity index (χ0n) is 15.2. The third kappa shape index (κ3) is 6.47. The van der Waals surface area contributed by atoms with Crippen molar-refractivity contribution in [2.24, 2.45) is 0 Å². The number of benzene rings is 2. The summed E-state index contributed by atoms with van der Waals surface area (Å²) in [5.41, 5.74) is 2.16. The predicted octanol–water partition coefficient (Wildman–Crippen LogP) is 2.67. The summed E-state index contributed by atoms with van der Waals surface area (Å²) in [5.74, 6) is 0.775. The van der Waals surface area contributed by atoms with Crippen LogP contribution in [-0.2, 0) is 13.0 Å². The molecule has 2 aromatic carbocycles. The number of para-hydroxylation sites is 1. The standard InChI is InChI=1S/C20H27N3O2/c1-23(2)15-18(13-16-9-5-4-6-10-16)22-20(24)21-14-17-11-7-8-12-19(17)25-3/h4-12,18H,13-15H2,1-3H3,(H2,21,22,24). The molecule has 2 aromatic rings. The van der Waals surface area contributed by atoms with E-state index in [2.05, 4.69) is 27.7 Å². The van der Waals surface area contributed by atoms with E-state index in [1.54, 1.807) is 7.11 Å². The van der Waals surface area contributed by atoms with Gasteiger partial charge in [-0.2, -0.15) is 0 Å². The third-order valence-corrected chi connectivity index (χ3v) is 3.88. The van der Waals surface area contributed by atoms with Crippen LogP contribution in [0.1, 0.15) is 11.1 Å². The molecule has 0 aliphatic heterocycles. The van der Waals surface area contributed by atoms with E-state index in [0.717, 1.165) is 24.3 Å². The lowest BCUT2D eigenvalue weighted by molar-refractivity contribution is 0.232. The van der Waals surface area contributed by atoms with Crippen molar-refractivity contribution >= 4 is 6.03 Å². The fraction of sp³-hybridized carbons (Fsp3) is 0.350. The molecular weight excluding hydrogens is 314 g/mol. The number of likely N-dealkylation sites (N-methyl/N-ethyl adjacent to an activating group) is 1. The molecule has 2 N–H and O–H groups in total. The van der Waals surface area contributed by atoms with E-state index < -0.39 is 0 Å². The summed E-state index contributed by atoms with van der Waals surface area (Å²) in [6.45, 7) is 1.20. The van der Waals surface area contributed by atoms with E-state index in [1.807, 2.05) is 56.6 Å². The van der Waals surface area contributed by atoms with Crippen LogP contribution in [0.3, 0.4) is 0 Å². The maximum absolute atomic E-state index is 12.3. The van der Waals surface area contributed by atoms with Gasteiger partial charge in [0, 0.05) is 24.7 Å². The van der Waals surface area contributed by atoms with Gasteiger partial charge in [-0.1, -0.05) is 48.5 Å². The monoisotopic (exact) mass is 341 g/mol. The Morgan fingerprint density at radius 3 is 2.44 bits per heavy atom. The summed E-state index contributed by atoms with van der Waals surface area (Å²) < 4.78 is 5.31. The van der Waals surface area contributed by atoms with Gasteiger partial charge >= 0.3 is 6.03 Å². The van der Waals surface area contributed by atoms with Gasteiger partial charge in [-0.25, -0.2) is 4.79 Å². The van der Waals surface area contributed by atoms with Gasteiger partial charge in [0.2, 0.25) is 0 Å². The van der Waals surface area contributed by atoms with Crippen LogP contribution in [0.25, 0.3) is 0 Å². The molecule has 0 heterocycles. The molecule has 0 aliphatic rings. The fourth-order valence-corrected chi connectivity index (χ4v) is 2.76. The second kappa shape index (κ2) is 9.69. The van der Waals surface area contributed by atoms with Crippen LogP contribution in [0.5, 0.6) is 5.75 Å². The molecule has 5 nitrogen and oxygen atoms in total. The van der Waals surface area contributed by atoms with E-state index in [4.69, 9.17) is 4.74 Å². The summed E-state index contributed by atoms with van der Waals surface area (Å²) in [5, 5.41) is 5.99. The molecule has 25 heavy (non-hydrogen) atoms. The van der Waals surface area contributed by atoms with Crippen molar-refractivity contribution in [1.82, 2.24) is 15.5 Å². The third-order valence-electron chi connectivity index (χ3n) is 3.88. The van der Waals surface area contributed by atoms with Crippen LogP contribution >= 0.6 is 0 Å². The maximum atomic E-state index is 12.3. The number of methoxy groups -OCH3 is 1. The molecule has 0 saturated heterocycles. The van der Waals surface area contributed by atoms with Crippen LogP contribution in [0.15, 0.2) is 54.6 Å². The van der Waals surface area contributed by atoms with E-state index in [9.17, 15) is 4.79 Å². The first-order chi connectivity index (χ1) is 12.1. The van der Waals surface area contributed by atoms with Crippen molar-refractivity contribution in [3.8, 4) is 5.75 Å². The first-order valence-electron chi connectivity index (χ1n) is 8.43. The van der Waals surface area contributed by atoms with Crippen LogP contribution in [0.2, 0.25) is 0 Å². The van der Waals surface area contributed by atoms with Crippen LogP contribution in [-0.4, -0.2) is 44.7 Å². The van der Waals surface area contributed by atoms with Gasteiger partial charge in [0.1, 0.15) is 5.75 Å². The Kier molecular flexibility index (Phi) is 7.29. The first-order valence-corrected chi connectivity index (χ1v) is 8.43. The second-order valence-electron chi connectivity index (χ2n) is 6.29. The van der Waals surface area contributed by atoms with Gasteiger partial charge in [0.05, 0.1) is 7.11 Å². The largest absolute Gasteiger partial charge is 0.496 e. The lowest BCUT2D eigenvalue weighted by Crippen LogP contribution is -2.47. The molecule has 0 bridgehead atoms. The predicted molar refractivity (Wildman–Crippen MR) is 101 cm³/mol. The minimum atomic E-state index is -0.173. The van der Waals surface area contributed by atoms with Crippen molar-refractivity contribution in [2.75, 3.05) is 27.7 Å². The molecule has 0 spiro atoms. The van der Waals surface area contributed by atoms with Gasteiger partial charge in [0.25, 0.3) is 0 Å². The lowest BCUT2D eigenvalue weighted by Gasteiger charge is -2.23. The van der Waals surface area contributed by atoms with Gasteiger partial charge in [-0.3, -0.25) is 0 Å². The highest BCUT2D eigenvalue weighted by atomic mass is 16.5. The first kappa shape index (κ1) is 18.8. The molecule has 0 fully saturated rings. The Morgan fingerprint density at radius 2 is 1.76 bits per heavy atom. The lowest BCUT2D eigenvalue weighted by atomic mass is 10.1. The van der Waals surface area contributed by atoms with Crippen molar-refractivity contribution in [1.29, 1.82) is 0 Å². The van der Waals surface area contributed by atoms with E-state index >= 15 is 0 Å². The molecule has 0 aromatic heterocycles. The highest BCUT2D eigenvalue weighted by molar-refractivity contribution is 5.74.